The van der Waals surface area contributed by atoms with Gasteiger partial charge in [0.25, 0.3) is 5.60 Å². The largest absolute Gasteiger partial charge is 0.861 e. The fourth-order valence-corrected chi connectivity index (χ4v) is 3.86. The van der Waals surface area contributed by atoms with Crippen molar-refractivity contribution in [3.8, 4) is 0 Å². The Balaban J connectivity index is 2.00. The molecular weight excluding hydrogens is 497 g/mol. The predicted octanol–water partition coefficient (Wildman–Crippen LogP) is 6.48. The van der Waals surface area contributed by atoms with Crippen LogP contribution in [-0.2, 0) is 16.9 Å². The molecule has 1 heterocycles. The number of aryl methyl sites for hydroxylation is 1. The minimum atomic E-state index is -4.91. The van der Waals surface area contributed by atoms with Crippen molar-refractivity contribution in [2.24, 2.45) is 10.1 Å². The van der Waals surface area contributed by atoms with E-state index in [-0.39, 0.29) is 32.6 Å². The minimum absolute atomic E-state index is 0.0327. The summed E-state index contributed by atoms with van der Waals surface area (Å²) in [4.78, 5) is 8.41. The molecule has 1 unspecified atom stereocenters. The molecule has 0 spiro atoms. The third-order valence-corrected chi connectivity index (χ3v) is 5.35. The summed E-state index contributed by atoms with van der Waals surface area (Å²) in [5, 5.41) is 15.2. The number of hydrogen-bond donors (Lipinski definition) is 0. The van der Waals surface area contributed by atoms with Gasteiger partial charge >= 0.3 is 12.4 Å². The second-order valence-corrected chi connectivity index (χ2v) is 8.16. The minimum Gasteiger partial charge on any atom is -0.861 e. The zero-order valence-electron chi connectivity index (χ0n) is 16.8. The van der Waals surface area contributed by atoms with E-state index < -0.39 is 36.7 Å². The molecule has 2 aromatic carbocycles. The maximum atomic E-state index is 14.1. The van der Waals surface area contributed by atoms with E-state index in [9.17, 15) is 31.4 Å². The highest BCUT2D eigenvalue weighted by molar-refractivity contribution is 6.34. The second kappa shape index (κ2) is 9.06. The third-order valence-electron chi connectivity index (χ3n) is 4.91. The Morgan fingerprint density at radius 1 is 1.09 bits per heavy atom. The summed E-state index contributed by atoms with van der Waals surface area (Å²) in [7, 11) is 0. The number of alkyl halides is 6. The van der Waals surface area contributed by atoms with E-state index in [2.05, 4.69) is 10.1 Å². The Morgan fingerprint density at radius 3 is 2.27 bits per heavy atom. The number of rotatable bonds is 5. The lowest BCUT2D eigenvalue weighted by Crippen LogP contribution is -2.42. The van der Waals surface area contributed by atoms with E-state index in [1.165, 1.54) is 24.3 Å². The van der Waals surface area contributed by atoms with Gasteiger partial charge in [-0.1, -0.05) is 47.4 Å². The first-order chi connectivity index (χ1) is 15.2. The quantitative estimate of drug-likeness (QED) is 0.262. The van der Waals surface area contributed by atoms with Crippen molar-refractivity contribution >= 4 is 40.5 Å². The van der Waals surface area contributed by atoms with Crippen LogP contribution >= 0.6 is 23.2 Å². The Hall–Kier alpha value is -2.46. The van der Waals surface area contributed by atoms with E-state index in [0.29, 0.717) is 12.0 Å². The lowest BCUT2D eigenvalue weighted by Gasteiger charge is -2.29. The summed E-state index contributed by atoms with van der Waals surface area (Å²) < 4.78 is 79.9. The number of benzene rings is 2. The van der Waals surface area contributed by atoms with Crippen LogP contribution in [0.3, 0.4) is 0 Å². The van der Waals surface area contributed by atoms with Gasteiger partial charge in [0.1, 0.15) is 0 Å². The maximum Gasteiger partial charge on any atom is 0.435 e. The highest BCUT2D eigenvalue weighted by atomic mass is 35.5. The predicted molar refractivity (Wildman–Crippen MR) is 110 cm³/mol. The van der Waals surface area contributed by atoms with E-state index in [1.807, 2.05) is 0 Å². The van der Waals surface area contributed by atoms with Crippen molar-refractivity contribution in [3.63, 3.8) is 0 Å². The molecule has 12 heteroatoms. The highest BCUT2D eigenvalue weighted by Crippen LogP contribution is 2.49. The van der Waals surface area contributed by atoms with Gasteiger partial charge in [0.05, 0.1) is 17.8 Å². The van der Waals surface area contributed by atoms with Crippen LogP contribution < -0.4 is 5.11 Å². The molecule has 1 atom stereocenters. The van der Waals surface area contributed by atoms with Gasteiger partial charge in [-0.05, 0) is 42.1 Å². The Bertz CT molecular complexity index is 1090. The average molecular weight is 512 g/mol. The van der Waals surface area contributed by atoms with Gasteiger partial charge in [-0.3, -0.25) is 4.99 Å². The molecule has 0 aromatic heterocycles. The molecule has 0 saturated carbocycles. The van der Waals surface area contributed by atoms with Gasteiger partial charge < -0.3 is 9.94 Å². The van der Waals surface area contributed by atoms with Crippen molar-refractivity contribution in [1.29, 1.82) is 0 Å². The molecule has 0 radical (unpaired) electrons. The van der Waals surface area contributed by atoms with Gasteiger partial charge in [-0.2, -0.15) is 26.3 Å². The molecule has 0 amide bonds. The van der Waals surface area contributed by atoms with Gasteiger partial charge in [0.2, 0.25) is 0 Å². The summed E-state index contributed by atoms with van der Waals surface area (Å²) in [5.41, 5.74) is -2.89. The molecule has 0 saturated heterocycles. The van der Waals surface area contributed by atoms with Crippen molar-refractivity contribution < 1.29 is 36.3 Å². The molecule has 0 N–H and O–H groups in total. The van der Waals surface area contributed by atoms with Crippen LogP contribution in [0.15, 0.2) is 46.5 Å². The normalized spacial score (nSPS) is 19.4. The molecule has 1 aliphatic heterocycles. The van der Waals surface area contributed by atoms with E-state index in [0.717, 1.165) is 12.1 Å². The Labute approximate surface area is 194 Å². The van der Waals surface area contributed by atoms with Crippen LogP contribution in [0, 0.1) is 0 Å². The van der Waals surface area contributed by atoms with Gasteiger partial charge in [0, 0.05) is 27.6 Å². The van der Waals surface area contributed by atoms with E-state index >= 15 is 0 Å². The summed E-state index contributed by atoms with van der Waals surface area (Å²) in [6.45, 7) is 1.69. The monoisotopic (exact) mass is 511 g/mol. The van der Waals surface area contributed by atoms with Crippen LogP contribution in [0.5, 0.6) is 0 Å². The maximum absolute atomic E-state index is 14.1. The first-order valence-electron chi connectivity index (χ1n) is 9.47. The molecular formula is C21H15Cl2F6N2O2-. The molecule has 4 nitrogen and oxygen atoms in total. The molecule has 2 aromatic rings. The Kier molecular flexibility index (Phi) is 6.91. The van der Waals surface area contributed by atoms with Crippen molar-refractivity contribution in [2.45, 2.75) is 44.1 Å². The van der Waals surface area contributed by atoms with Gasteiger partial charge in [-0.15, -0.1) is 0 Å². The van der Waals surface area contributed by atoms with Crippen LogP contribution in [-0.4, -0.2) is 24.0 Å². The molecule has 0 bridgehead atoms. The average Bonchev–Trinajstić information content (AvgIpc) is 3.12. The zero-order valence-corrected chi connectivity index (χ0v) is 18.3. The lowest BCUT2D eigenvalue weighted by molar-refractivity contribution is -0.275. The SMILES string of the molecule is CCc1ccc(C2=NOC(c3cc(Cl)cc(Cl)c3)(C(F)(F)F)C2)cc1N=C([O-])CC(F)(F)F. The number of nitrogens with zero attached hydrogens (tertiary/aromatic N) is 2. The zero-order chi connectivity index (χ0) is 24.6. The van der Waals surface area contributed by atoms with Crippen LogP contribution in [0.1, 0.15) is 36.5 Å². The fourth-order valence-electron chi connectivity index (χ4n) is 3.34. The lowest BCUT2D eigenvalue weighted by atomic mass is 9.86. The standard InChI is InChI=1S/C21H16Cl2F6N2O2/c1-2-11-3-4-12(5-16(11)30-18(32)10-20(24,25)26)17-9-19(33-31-17,21(27,28)29)13-6-14(22)8-15(23)7-13/h3-8H,2,9-10H2,1H3,(H,30,32)/p-1. The first-order valence-corrected chi connectivity index (χ1v) is 10.2. The topological polar surface area (TPSA) is 57.0 Å². The van der Waals surface area contributed by atoms with Crippen LogP contribution in [0.4, 0.5) is 32.0 Å². The number of aliphatic imine (C=N–C) groups is 1. The fraction of sp³-hybridized carbons (Fsp3) is 0.333. The Morgan fingerprint density at radius 2 is 1.73 bits per heavy atom. The van der Waals surface area contributed by atoms with Gasteiger partial charge in [0.15, 0.2) is 0 Å². The first kappa shape index (κ1) is 25.2. The summed E-state index contributed by atoms with van der Waals surface area (Å²) in [6.07, 6.45) is -11.8. The van der Waals surface area contributed by atoms with Crippen molar-refractivity contribution in [2.75, 3.05) is 0 Å². The summed E-state index contributed by atoms with van der Waals surface area (Å²) in [6, 6.07) is 7.51. The smallest absolute Gasteiger partial charge is 0.435 e. The molecule has 1 aliphatic rings. The summed E-state index contributed by atoms with van der Waals surface area (Å²) in [5.74, 6) is -1.42. The van der Waals surface area contributed by atoms with Crippen LogP contribution in [0.2, 0.25) is 10.0 Å². The number of oxime groups is 1. The van der Waals surface area contributed by atoms with Gasteiger partial charge in [-0.25, -0.2) is 0 Å². The third kappa shape index (κ3) is 5.55. The number of hydrogen-bond acceptors (Lipinski definition) is 4. The molecule has 0 aliphatic carbocycles. The van der Waals surface area contributed by atoms with Crippen LogP contribution in [0.25, 0.3) is 0 Å². The molecule has 3 rings (SSSR count). The van der Waals surface area contributed by atoms with Crippen molar-refractivity contribution in [1.82, 2.24) is 0 Å². The van der Waals surface area contributed by atoms with Crippen molar-refractivity contribution in [3.05, 3.63) is 63.1 Å². The molecule has 178 valence electrons. The second-order valence-electron chi connectivity index (χ2n) is 7.28. The number of halogens is 8. The highest BCUT2D eigenvalue weighted by Gasteiger charge is 2.62. The summed E-state index contributed by atoms with van der Waals surface area (Å²) >= 11 is 11.7. The molecule has 0 fully saturated rings. The van der Waals surface area contributed by atoms with E-state index in [1.54, 1.807) is 6.92 Å². The molecule has 33 heavy (non-hydrogen) atoms. The van der Waals surface area contributed by atoms with E-state index in [4.69, 9.17) is 28.0 Å².